The highest BCUT2D eigenvalue weighted by Gasteiger charge is 2.33. The lowest BCUT2D eigenvalue weighted by Crippen LogP contribution is -2.24. The van der Waals surface area contributed by atoms with Crippen molar-refractivity contribution >= 4 is 52.3 Å². The molecule has 0 aliphatic heterocycles. The van der Waals surface area contributed by atoms with E-state index in [1.54, 1.807) is 18.2 Å². The second-order valence-corrected chi connectivity index (χ2v) is 7.59. The Kier molecular flexibility index (Phi) is 5.78. The van der Waals surface area contributed by atoms with Crippen LogP contribution in [0, 0.1) is 5.82 Å². The van der Waals surface area contributed by atoms with E-state index in [1.165, 1.54) is 30.3 Å². The number of ketones is 2. The fourth-order valence-corrected chi connectivity index (χ4v) is 3.79. The number of esters is 1. The number of carbonyl (C=O) groups excluding carboxylic acids is 4. The van der Waals surface area contributed by atoms with E-state index in [0.717, 1.165) is 6.07 Å². The van der Waals surface area contributed by atoms with Crippen LogP contribution in [0.5, 0.6) is 0 Å². The molecule has 9 heteroatoms. The number of hydrogen-bond donors (Lipinski definition) is 1. The lowest BCUT2D eigenvalue weighted by molar-refractivity contribution is -0.119. The number of halogens is 3. The third-order valence-corrected chi connectivity index (χ3v) is 5.47. The number of ether oxygens (including phenoxy) is 1. The number of nitrogens with one attached hydrogen (secondary N) is 1. The van der Waals surface area contributed by atoms with Crippen LogP contribution in [0.15, 0.2) is 54.6 Å². The Hall–Kier alpha value is -3.55. The van der Waals surface area contributed by atoms with E-state index >= 15 is 0 Å². The maximum absolute atomic E-state index is 13.2. The molecule has 1 amide bonds. The van der Waals surface area contributed by atoms with Gasteiger partial charge in [0.05, 0.1) is 21.2 Å². The summed E-state index contributed by atoms with van der Waals surface area (Å²) in [7, 11) is 0. The fourth-order valence-electron chi connectivity index (χ4n) is 3.28. The zero-order chi connectivity index (χ0) is 23.0. The zero-order valence-electron chi connectivity index (χ0n) is 16.1. The summed E-state index contributed by atoms with van der Waals surface area (Å²) in [5, 5.41) is 2.00. The number of rotatable bonds is 4. The van der Waals surface area contributed by atoms with Gasteiger partial charge in [-0.25, -0.2) is 9.18 Å². The Balaban J connectivity index is 1.51. The molecule has 0 saturated carbocycles. The number of carbonyl (C=O) groups is 4. The van der Waals surface area contributed by atoms with E-state index in [1.807, 2.05) is 0 Å². The van der Waals surface area contributed by atoms with Gasteiger partial charge in [-0.05, 0) is 30.3 Å². The van der Waals surface area contributed by atoms with Crippen molar-refractivity contribution < 1.29 is 28.3 Å². The second-order valence-electron chi connectivity index (χ2n) is 6.81. The van der Waals surface area contributed by atoms with E-state index in [2.05, 4.69) is 5.32 Å². The van der Waals surface area contributed by atoms with Gasteiger partial charge < -0.3 is 10.1 Å². The van der Waals surface area contributed by atoms with Crippen LogP contribution in [-0.2, 0) is 9.53 Å². The van der Waals surface area contributed by atoms with Crippen LogP contribution < -0.4 is 5.32 Å². The molecular weight excluding hydrogens is 460 g/mol. The van der Waals surface area contributed by atoms with Gasteiger partial charge in [-0.3, -0.25) is 14.4 Å². The highest BCUT2D eigenvalue weighted by atomic mass is 35.5. The number of fused-ring (bicyclic) bond motifs is 2. The van der Waals surface area contributed by atoms with E-state index < -0.39 is 30.1 Å². The van der Waals surface area contributed by atoms with Crippen LogP contribution in [0.1, 0.15) is 42.2 Å². The molecule has 0 spiro atoms. The first kappa shape index (κ1) is 21.7. The predicted molar refractivity (Wildman–Crippen MR) is 115 cm³/mol. The standard InChI is InChI=1S/C23H12Cl2FNO5/c24-16-9-11(5-8-17(16)26)27-18(28)10-32-23(31)15-7-6-14-19(20(15)25)22(30)13-4-2-1-3-12(13)21(14)29/h1-9H,10H2,(H,27,28). The van der Waals surface area contributed by atoms with E-state index in [0.29, 0.717) is 0 Å². The lowest BCUT2D eigenvalue weighted by Gasteiger charge is -2.19. The molecule has 0 fully saturated rings. The Morgan fingerprint density at radius 1 is 0.906 bits per heavy atom. The summed E-state index contributed by atoms with van der Waals surface area (Å²) < 4.78 is 18.2. The molecule has 3 aromatic rings. The molecule has 1 N–H and O–H groups in total. The summed E-state index contributed by atoms with van der Waals surface area (Å²) in [5.74, 6) is -3.16. The highest BCUT2D eigenvalue weighted by Crippen LogP contribution is 2.34. The van der Waals surface area contributed by atoms with E-state index in [4.69, 9.17) is 27.9 Å². The van der Waals surface area contributed by atoms with Crippen molar-refractivity contribution in [3.8, 4) is 0 Å². The normalized spacial score (nSPS) is 12.1. The van der Waals surface area contributed by atoms with Crippen molar-refractivity contribution in [2.75, 3.05) is 11.9 Å². The summed E-state index contributed by atoms with van der Waals surface area (Å²) in [6, 6.07) is 12.5. The number of amides is 1. The number of anilines is 1. The SMILES string of the molecule is O=C(COC(=O)c1ccc2c(c1Cl)C(=O)c1ccccc1C2=O)Nc1ccc(F)c(Cl)c1. The molecular formula is C23H12Cl2FNO5. The fraction of sp³-hybridized carbons (Fsp3) is 0.0435. The van der Waals surface area contributed by atoms with Crippen molar-refractivity contribution in [2.45, 2.75) is 0 Å². The monoisotopic (exact) mass is 471 g/mol. The first-order valence-electron chi connectivity index (χ1n) is 9.21. The summed E-state index contributed by atoms with van der Waals surface area (Å²) in [6.45, 7) is -0.670. The minimum absolute atomic E-state index is 0.0844. The van der Waals surface area contributed by atoms with Crippen molar-refractivity contribution in [1.29, 1.82) is 0 Å². The van der Waals surface area contributed by atoms with Crippen LogP contribution in [0.2, 0.25) is 10.0 Å². The van der Waals surface area contributed by atoms with Crippen LogP contribution in [0.25, 0.3) is 0 Å². The first-order valence-corrected chi connectivity index (χ1v) is 9.96. The third-order valence-electron chi connectivity index (χ3n) is 4.79. The van der Waals surface area contributed by atoms with Crippen molar-refractivity contribution in [3.05, 3.63) is 98.3 Å². The molecule has 0 heterocycles. The maximum atomic E-state index is 13.2. The van der Waals surface area contributed by atoms with Gasteiger partial charge in [0.2, 0.25) is 0 Å². The molecule has 4 rings (SSSR count). The first-order chi connectivity index (χ1) is 15.3. The van der Waals surface area contributed by atoms with Gasteiger partial charge in [-0.15, -0.1) is 0 Å². The molecule has 0 bridgehead atoms. The van der Waals surface area contributed by atoms with E-state index in [-0.39, 0.29) is 49.3 Å². The summed E-state index contributed by atoms with van der Waals surface area (Å²) in [5.41, 5.74) is 0.496. The number of hydrogen-bond acceptors (Lipinski definition) is 5. The van der Waals surface area contributed by atoms with E-state index in [9.17, 15) is 23.6 Å². The zero-order valence-corrected chi connectivity index (χ0v) is 17.6. The Labute approximate surface area is 190 Å². The van der Waals surface area contributed by atoms with Crippen LogP contribution in [0.3, 0.4) is 0 Å². The lowest BCUT2D eigenvalue weighted by atomic mass is 9.83. The highest BCUT2D eigenvalue weighted by molar-refractivity contribution is 6.41. The van der Waals surface area contributed by atoms with Gasteiger partial charge in [0.15, 0.2) is 18.2 Å². The van der Waals surface area contributed by atoms with Gasteiger partial charge in [0.1, 0.15) is 5.82 Å². The molecule has 3 aromatic carbocycles. The average molecular weight is 472 g/mol. The predicted octanol–water partition coefficient (Wildman–Crippen LogP) is 4.70. The Bertz CT molecular complexity index is 1320. The Morgan fingerprint density at radius 3 is 2.28 bits per heavy atom. The molecule has 160 valence electrons. The van der Waals surface area contributed by atoms with Gasteiger partial charge in [-0.1, -0.05) is 47.5 Å². The maximum Gasteiger partial charge on any atom is 0.340 e. The minimum Gasteiger partial charge on any atom is -0.452 e. The smallest absolute Gasteiger partial charge is 0.340 e. The molecule has 0 unspecified atom stereocenters. The van der Waals surface area contributed by atoms with Gasteiger partial charge in [-0.2, -0.15) is 0 Å². The largest absolute Gasteiger partial charge is 0.452 e. The molecule has 32 heavy (non-hydrogen) atoms. The summed E-state index contributed by atoms with van der Waals surface area (Å²) >= 11 is 12.0. The van der Waals surface area contributed by atoms with Crippen molar-refractivity contribution in [1.82, 2.24) is 0 Å². The quantitative estimate of drug-likeness (QED) is 0.435. The number of benzene rings is 3. The second kappa shape index (κ2) is 8.53. The van der Waals surface area contributed by atoms with Crippen LogP contribution >= 0.6 is 23.2 Å². The average Bonchev–Trinajstić information content (AvgIpc) is 2.78. The summed E-state index contributed by atoms with van der Waals surface area (Å²) in [6.07, 6.45) is 0. The van der Waals surface area contributed by atoms with Crippen LogP contribution in [-0.4, -0.2) is 30.0 Å². The van der Waals surface area contributed by atoms with Gasteiger partial charge in [0.25, 0.3) is 5.91 Å². The van der Waals surface area contributed by atoms with Gasteiger partial charge in [0, 0.05) is 22.4 Å². The molecule has 0 aromatic heterocycles. The van der Waals surface area contributed by atoms with Gasteiger partial charge >= 0.3 is 5.97 Å². The Morgan fingerprint density at radius 2 is 1.59 bits per heavy atom. The van der Waals surface area contributed by atoms with Crippen molar-refractivity contribution in [2.24, 2.45) is 0 Å². The van der Waals surface area contributed by atoms with Crippen molar-refractivity contribution in [3.63, 3.8) is 0 Å². The molecule has 0 atom stereocenters. The molecule has 6 nitrogen and oxygen atoms in total. The van der Waals surface area contributed by atoms with Crippen LogP contribution in [0.4, 0.5) is 10.1 Å². The topological polar surface area (TPSA) is 89.5 Å². The third kappa shape index (κ3) is 3.88. The molecule has 0 radical (unpaired) electrons. The molecule has 0 saturated heterocycles. The molecule has 1 aliphatic rings. The minimum atomic E-state index is -0.954. The summed E-state index contributed by atoms with van der Waals surface area (Å²) in [4.78, 5) is 50.1. The molecule has 1 aliphatic carbocycles.